The first-order valence-corrected chi connectivity index (χ1v) is 9.31. The molecule has 3 rings (SSSR count). The second-order valence-electron chi connectivity index (χ2n) is 6.02. The summed E-state index contributed by atoms with van der Waals surface area (Å²) in [5.74, 6) is 0.700. The van der Waals surface area contributed by atoms with Gasteiger partial charge in [-0.15, -0.1) is 0 Å². The van der Waals surface area contributed by atoms with E-state index in [0.29, 0.717) is 19.4 Å². The van der Waals surface area contributed by atoms with Gasteiger partial charge in [-0.2, -0.15) is 0 Å². The van der Waals surface area contributed by atoms with Crippen molar-refractivity contribution in [1.29, 1.82) is 0 Å². The van der Waals surface area contributed by atoms with Crippen LogP contribution in [0.15, 0.2) is 45.9 Å². The molecule has 0 unspecified atom stereocenters. The third-order valence-electron chi connectivity index (χ3n) is 4.08. The fourth-order valence-electron chi connectivity index (χ4n) is 2.98. The second kappa shape index (κ2) is 6.41. The van der Waals surface area contributed by atoms with Gasteiger partial charge in [0.2, 0.25) is 15.9 Å². The normalized spacial score (nSPS) is 15.3. The zero-order valence-corrected chi connectivity index (χ0v) is 14.5. The molecule has 1 aliphatic rings. The van der Waals surface area contributed by atoms with Gasteiger partial charge in [-0.1, -0.05) is 0 Å². The van der Waals surface area contributed by atoms with Crippen LogP contribution in [0.25, 0.3) is 0 Å². The average Bonchev–Trinajstić information content (AvgIpc) is 3.14. The molecule has 1 N–H and O–H groups in total. The van der Waals surface area contributed by atoms with Crippen LogP contribution in [0.5, 0.6) is 0 Å². The van der Waals surface area contributed by atoms with E-state index in [4.69, 9.17) is 4.42 Å². The van der Waals surface area contributed by atoms with Gasteiger partial charge >= 0.3 is 0 Å². The van der Waals surface area contributed by atoms with Gasteiger partial charge in [0.15, 0.2) is 0 Å². The summed E-state index contributed by atoms with van der Waals surface area (Å²) in [6, 6.07) is 8.20. The van der Waals surface area contributed by atoms with Gasteiger partial charge in [-0.05, 0) is 49.2 Å². The lowest BCUT2D eigenvalue weighted by atomic mass is 10.2. The maximum Gasteiger partial charge on any atom is 0.240 e. The van der Waals surface area contributed by atoms with E-state index in [0.717, 1.165) is 17.0 Å². The number of amides is 1. The largest absolute Gasteiger partial charge is 0.469 e. The Morgan fingerprint density at radius 3 is 2.83 bits per heavy atom. The summed E-state index contributed by atoms with van der Waals surface area (Å²) in [4.78, 5) is 13.5. The number of fused-ring (bicyclic) bond motifs is 1. The zero-order chi connectivity index (χ0) is 17.3. The Morgan fingerprint density at radius 1 is 1.38 bits per heavy atom. The first-order chi connectivity index (χ1) is 11.4. The highest BCUT2D eigenvalue weighted by Gasteiger charge is 2.25. The van der Waals surface area contributed by atoms with Crippen LogP contribution in [0.1, 0.15) is 25.2 Å². The van der Waals surface area contributed by atoms with E-state index < -0.39 is 10.0 Å². The van der Waals surface area contributed by atoms with Crippen LogP contribution in [0.2, 0.25) is 0 Å². The van der Waals surface area contributed by atoms with Gasteiger partial charge in [-0.3, -0.25) is 4.79 Å². The van der Waals surface area contributed by atoms with E-state index in [9.17, 15) is 13.2 Å². The van der Waals surface area contributed by atoms with Crippen molar-refractivity contribution in [2.24, 2.45) is 0 Å². The van der Waals surface area contributed by atoms with Crippen molar-refractivity contribution in [3.8, 4) is 0 Å². The molecule has 0 spiro atoms. The number of benzene rings is 1. The van der Waals surface area contributed by atoms with E-state index in [1.54, 1.807) is 42.4 Å². The minimum Gasteiger partial charge on any atom is -0.469 e. The van der Waals surface area contributed by atoms with E-state index in [1.807, 2.05) is 6.07 Å². The number of carbonyl (C=O) groups is 1. The number of hydrogen-bond donors (Lipinski definition) is 1. The number of nitrogens with one attached hydrogen (secondary N) is 1. The minimum absolute atomic E-state index is 0.0328. The molecule has 0 radical (unpaired) electrons. The van der Waals surface area contributed by atoms with Crippen LogP contribution in [0.4, 0.5) is 5.69 Å². The lowest BCUT2D eigenvalue weighted by molar-refractivity contribution is -0.116. The zero-order valence-electron chi connectivity index (χ0n) is 13.7. The Balaban J connectivity index is 1.77. The van der Waals surface area contributed by atoms with Gasteiger partial charge in [0.05, 0.1) is 11.2 Å². The van der Waals surface area contributed by atoms with Crippen molar-refractivity contribution in [3.05, 3.63) is 47.9 Å². The maximum atomic E-state index is 12.6. The van der Waals surface area contributed by atoms with Crippen LogP contribution in [-0.2, 0) is 27.7 Å². The molecule has 6 nitrogen and oxygen atoms in total. The first-order valence-electron chi connectivity index (χ1n) is 7.82. The Kier molecular flexibility index (Phi) is 4.47. The average molecular weight is 348 g/mol. The number of rotatable bonds is 5. The number of carbonyl (C=O) groups excluding carboxylic acids is 1. The molecule has 2 aromatic rings. The van der Waals surface area contributed by atoms with Crippen molar-refractivity contribution in [2.75, 3.05) is 11.4 Å². The molecule has 1 aliphatic heterocycles. The quantitative estimate of drug-likeness (QED) is 0.897. The Morgan fingerprint density at radius 2 is 2.17 bits per heavy atom. The van der Waals surface area contributed by atoms with Crippen LogP contribution in [0, 0.1) is 0 Å². The number of furan rings is 1. The molecular weight excluding hydrogens is 328 g/mol. The van der Waals surface area contributed by atoms with Crippen molar-refractivity contribution in [2.45, 2.75) is 37.6 Å². The minimum atomic E-state index is -3.62. The van der Waals surface area contributed by atoms with Gasteiger partial charge in [0, 0.05) is 31.6 Å². The molecule has 0 saturated carbocycles. The summed E-state index contributed by atoms with van der Waals surface area (Å²) in [5.41, 5.74) is 1.68. The third-order valence-corrected chi connectivity index (χ3v) is 5.67. The number of hydrogen-bond acceptors (Lipinski definition) is 4. The van der Waals surface area contributed by atoms with Crippen molar-refractivity contribution in [1.82, 2.24) is 4.72 Å². The van der Waals surface area contributed by atoms with Gasteiger partial charge in [0.1, 0.15) is 5.76 Å². The SMILES string of the molecule is CC(=O)N1CCc2cc(S(=O)(=O)N[C@@H](C)Cc3ccco3)ccc21. The summed E-state index contributed by atoms with van der Waals surface area (Å²) in [5, 5.41) is 0. The lowest BCUT2D eigenvalue weighted by Gasteiger charge is -2.16. The standard InChI is InChI=1S/C17H20N2O4S/c1-12(10-15-4-3-9-23-15)18-24(21,22)16-5-6-17-14(11-16)7-8-19(17)13(2)20/h3-6,9,11-12,18H,7-8,10H2,1-2H3/t12-/m0/s1. The molecule has 1 atom stereocenters. The topological polar surface area (TPSA) is 79.6 Å². The summed E-state index contributed by atoms with van der Waals surface area (Å²) < 4.78 is 33.0. The monoisotopic (exact) mass is 348 g/mol. The summed E-state index contributed by atoms with van der Waals surface area (Å²) in [7, 11) is -3.62. The highest BCUT2D eigenvalue weighted by atomic mass is 32.2. The highest BCUT2D eigenvalue weighted by molar-refractivity contribution is 7.89. The number of sulfonamides is 1. The van der Waals surface area contributed by atoms with Crippen molar-refractivity contribution < 1.29 is 17.6 Å². The van der Waals surface area contributed by atoms with Crippen LogP contribution in [-0.4, -0.2) is 26.9 Å². The van der Waals surface area contributed by atoms with Crippen molar-refractivity contribution in [3.63, 3.8) is 0 Å². The Labute approximate surface area is 141 Å². The summed E-state index contributed by atoms with van der Waals surface area (Å²) >= 11 is 0. The highest BCUT2D eigenvalue weighted by Crippen LogP contribution is 2.30. The van der Waals surface area contributed by atoms with Gasteiger partial charge in [-0.25, -0.2) is 13.1 Å². The summed E-state index contributed by atoms with van der Waals surface area (Å²) in [6.45, 7) is 3.90. The molecular formula is C17H20N2O4S. The fraction of sp³-hybridized carbons (Fsp3) is 0.353. The van der Waals surface area contributed by atoms with Crippen LogP contribution in [0.3, 0.4) is 0 Å². The Bertz CT molecular complexity index is 843. The molecule has 1 aromatic carbocycles. The van der Waals surface area contributed by atoms with Gasteiger partial charge in [0.25, 0.3) is 0 Å². The molecule has 7 heteroatoms. The predicted molar refractivity (Wildman–Crippen MR) is 90.4 cm³/mol. The molecule has 2 heterocycles. The maximum absolute atomic E-state index is 12.6. The molecule has 1 aromatic heterocycles. The molecule has 0 bridgehead atoms. The lowest BCUT2D eigenvalue weighted by Crippen LogP contribution is -2.34. The predicted octanol–water partition coefficient (Wildman–Crippen LogP) is 2.10. The van der Waals surface area contributed by atoms with E-state index in [1.165, 1.54) is 6.92 Å². The van der Waals surface area contributed by atoms with Crippen molar-refractivity contribution >= 4 is 21.6 Å². The molecule has 24 heavy (non-hydrogen) atoms. The number of anilines is 1. The van der Waals surface area contributed by atoms with Crippen LogP contribution >= 0.6 is 0 Å². The fourth-order valence-corrected chi connectivity index (χ4v) is 4.27. The van der Waals surface area contributed by atoms with E-state index in [-0.39, 0.29) is 16.8 Å². The smallest absolute Gasteiger partial charge is 0.240 e. The van der Waals surface area contributed by atoms with E-state index >= 15 is 0 Å². The van der Waals surface area contributed by atoms with Gasteiger partial charge < -0.3 is 9.32 Å². The third kappa shape index (κ3) is 3.37. The summed E-state index contributed by atoms with van der Waals surface area (Å²) in [6.07, 6.45) is 2.72. The molecule has 0 saturated heterocycles. The van der Waals surface area contributed by atoms with Crippen LogP contribution < -0.4 is 9.62 Å². The molecule has 128 valence electrons. The number of nitrogens with zero attached hydrogens (tertiary/aromatic N) is 1. The second-order valence-corrected chi connectivity index (χ2v) is 7.73. The molecule has 0 aliphatic carbocycles. The first kappa shape index (κ1) is 16.7. The molecule has 0 fully saturated rings. The Hall–Kier alpha value is -2.12. The van der Waals surface area contributed by atoms with E-state index in [2.05, 4.69) is 4.72 Å². The molecule has 1 amide bonds.